The second kappa shape index (κ2) is 7.38. The molecular weight excluding hydrogens is 381 g/mol. The lowest BCUT2D eigenvalue weighted by Gasteiger charge is -2.30. The number of hydrogen-bond donors (Lipinski definition) is 1. The lowest BCUT2D eigenvalue weighted by Crippen LogP contribution is -2.36. The molecule has 1 N–H and O–H groups in total. The number of alkyl halides is 3. The number of nitrogens with one attached hydrogen (secondary N) is 1. The molecule has 0 unspecified atom stereocenters. The van der Waals surface area contributed by atoms with E-state index in [0.29, 0.717) is 0 Å². The summed E-state index contributed by atoms with van der Waals surface area (Å²) in [5.74, 6) is -0.724. The van der Waals surface area contributed by atoms with Crippen LogP contribution in [-0.4, -0.2) is 40.0 Å². The minimum Gasteiger partial charge on any atom is -0.353 e. The van der Waals surface area contributed by atoms with Gasteiger partial charge in [0.25, 0.3) is 0 Å². The van der Waals surface area contributed by atoms with Gasteiger partial charge in [-0.1, -0.05) is 11.8 Å². The molecule has 0 spiro atoms. The fourth-order valence-corrected chi connectivity index (χ4v) is 3.77. The Morgan fingerprint density at radius 3 is 2.67 bits per heavy atom. The molecule has 144 valence electrons. The minimum absolute atomic E-state index is 0.0919. The minimum atomic E-state index is -4.76. The first-order valence-corrected chi connectivity index (χ1v) is 9.40. The van der Waals surface area contributed by atoms with Crippen molar-refractivity contribution in [1.29, 1.82) is 5.26 Å². The Balaban J connectivity index is 1.96. The molecule has 3 rings (SSSR count). The molecule has 1 aliphatic heterocycles. The highest BCUT2D eigenvalue weighted by molar-refractivity contribution is 8.00. The van der Waals surface area contributed by atoms with Crippen LogP contribution in [0, 0.1) is 11.3 Å². The second-order valence-corrected chi connectivity index (χ2v) is 7.49. The molecule has 0 saturated heterocycles. The third-order valence-corrected chi connectivity index (χ3v) is 5.42. The van der Waals surface area contributed by atoms with Crippen molar-refractivity contribution in [3.63, 3.8) is 0 Å². The zero-order valence-corrected chi connectivity index (χ0v) is 15.3. The van der Waals surface area contributed by atoms with Crippen LogP contribution in [0.1, 0.15) is 42.1 Å². The Bertz CT molecular complexity index is 831. The molecule has 27 heavy (non-hydrogen) atoms. The van der Waals surface area contributed by atoms with Gasteiger partial charge in [-0.05, 0) is 12.8 Å². The summed E-state index contributed by atoms with van der Waals surface area (Å²) in [7, 11) is 0. The van der Waals surface area contributed by atoms with Crippen molar-refractivity contribution in [1.82, 2.24) is 15.2 Å². The van der Waals surface area contributed by atoms with Crippen molar-refractivity contribution in [2.45, 2.75) is 50.0 Å². The molecule has 0 aromatic carbocycles. The van der Waals surface area contributed by atoms with E-state index in [9.17, 15) is 28.0 Å². The van der Waals surface area contributed by atoms with Crippen molar-refractivity contribution in [3.8, 4) is 6.07 Å². The summed E-state index contributed by atoms with van der Waals surface area (Å²) in [5.41, 5.74) is -1.54. The number of carbonyl (C=O) groups is 2. The number of aromatic nitrogens is 1. The van der Waals surface area contributed by atoms with Crippen molar-refractivity contribution < 1.29 is 22.8 Å². The molecule has 2 aliphatic rings. The summed E-state index contributed by atoms with van der Waals surface area (Å²) >= 11 is 0.833. The fraction of sp³-hybridized carbons (Fsp3) is 0.529. The number of fused-ring (bicyclic) bond motifs is 1. The third kappa shape index (κ3) is 4.35. The average molecular weight is 398 g/mol. The Morgan fingerprint density at radius 2 is 2.11 bits per heavy atom. The molecule has 1 aromatic rings. The summed E-state index contributed by atoms with van der Waals surface area (Å²) < 4.78 is 41.2. The predicted octanol–water partition coefficient (Wildman–Crippen LogP) is 2.25. The summed E-state index contributed by atoms with van der Waals surface area (Å²) in [6.45, 7) is 1.33. The number of halogens is 3. The van der Waals surface area contributed by atoms with Crippen molar-refractivity contribution in [3.05, 3.63) is 22.4 Å². The van der Waals surface area contributed by atoms with Crippen LogP contribution in [0.3, 0.4) is 0 Å². The van der Waals surface area contributed by atoms with Gasteiger partial charge >= 0.3 is 6.18 Å². The van der Waals surface area contributed by atoms with Gasteiger partial charge in [0.2, 0.25) is 11.8 Å². The SMILES string of the molecule is CC(=O)N1CCc2nc(SCC(=O)NC3CC3)c(C#N)c(C(F)(F)F)c2C1. The second-order valence-electron chi connectivity index (χ2n) is 6.52. The van der Waals surface area contributed by atoms with Gasteiger partial charge in [-0.2, -0.15) is 18.4 Å². The van der Waals surface area contributed by atoms with E-state index in [0.717, 1.165) is 24.6 Å². The van der Waals surface area contributed by atoms with Gasteiger partial charge in [-0.25, -0.2) is 4.98 Å². The molecule has 0 atom stereocenters. The van der Waals surface area contributed by atoms with Crippen LogP contribution in [0.15, 0.2) is 5.03 Å². The van der Waals surface area contributed by atoms with Gasteiger partial charge in [0.1, 0.15) is 11.1 Å². The van der Waals surface area contributed by atoms with E-state index in [2.05, 4.69) is 10.3 Å². The number of amides is 2. The monoisotopic (exact) mass is 398 g/mol. The Labute approximate surface area is 158 Å². The molecule has 0 radical (unpaired) electrons. The molecule has 10 heteroatoms. The maximum atomic E-state index is 13.7. The number of nitrogens with zero attached hydrogens (tertiary/aromatic N) is 3. The van der Waals surface area contributed by atoms with E-state index < -0.39 is 17.3 Å². The highest BCUT2D eigenvalue weighted by atomic mass is 32.2. The van der Waals surface area contributed by atoms with Crippen molar-refractivity contribution >= 4 is 23.6 Å². The predicted molar refractivity (Wildman–Crippen MR) is 90.6 cm³/mol. The average Bonchev–Trinajstić information content (AvgIpc) is 3.40. The summed E-state index contributed by atoms with van der Waals surface area (Å²) in [6.07, 6.45) is -2.78. The van der Waals surface area contributed by atoms with Gasteiger partial charge in [-0.3, -0.25) is 9.59 Å². The third-order valence-electron chi connectivity index (χ3n) is 4.44. The van der Waals surface area contributed by atoms with Crippen LogP contribution in [0.4, 0.5) is 13.2 Å². The number of rotatable bonds is 4. The normalized spacial score (nSPS) is 16.5. The number of nitriles is 1. The van der Waals surface area contributed by atoms with Gasteiger partial charge in [-0.15, -0.1) is 0 Å². The molecule has 1 aromatic heterocycles. The lowest BCUT2D eigenvalue weighted by atomic mass is 9.96. The standard InChI is InChI=1S/C17H17F3N4O2S/c1-9(25)24-5-4-13-12(7-24)15(17(18,19)20)11(6-21)16(23-13)27-8-14(26)22-10-2-3-10/h10H,2-5,7-8H2,1H3,(H,22,26). The van der Waals surface area contributed by atoms with Crippen LogP contribution >= 0.6 is 11.8 Å². The maximum absolute atomic E-state index is 13.7. The van der Waals surface area contributed by atoms with Gasteiger partial charge in [0, 0.05) is 43.7 Å². The van der Waals surface area contributed by atoms with E-state index in [4.69, 9.17) is 0 Å². The van der Waals surface area contributed by atoms with Gasteiger partial charge in [0.05, 0.1) is 16.9 Å². The first kappa shape index (κ1) is 19.5. The first-order valence-electron chi connectivity index (χ1n) is 8.41. The summed E-state index contributed by atoms with van der Waals surface area (Å²) in [4.78, 5) is 29.0. The summed E-state index contributed by atoms with van der Waals surface area (Å²) in [6, 6.07) is 1.75. The number of pyridine rings is 1. The van der Waals surface area contributed by atoms with E-state index in [1.54, 1.807) is 6.07 Å². The summed E-state index contributed by atoms with van der Waals surface area (Å²) in [5, 5.41) is 12.0. The Morgan fingerprint density at radius 1 is 1.41 bits per heavy atom. The molecule has 0 bridgehead atoms. The lowest BCUT2D eigenvalue weighted by molar-refractivity contribution is -0.140. The largest absolute Gasteiger partial charge is 0.418 e. The van der Waals surface area contributed by atoms with Crippen molar-refractivity contribution in [2.24, 2.45) is 0 Å². The van der Waals surface area contributed by atoms with Gasteiger partial charge < -0.3 is 10.2 Å². The smallest absolute Gasteiger partial charge is 0.353 e. The highest BCUT2D eigenvalue weighted by Gasteiger charge is 2.41. The van der Waals surface area contributed by atoms with Gasteiger partial charge in [0.15, 0.2) is 0 Å². The number of thioether (sulfide) groups is 1. The molecule has 1 aliphatic carbocycles. The zero-order valence-electron chi connectivity index (χ0n) is 14.5. The first-order chi connectivity index (χ1) is 12.7. The van der Waals surface area contributed by atoms with Crippen LogP contribution in [0.25, 0.3) is 0 Å². The van der Waals surface area contributed by atoms with E-state index in [1.165, 1.54) is 11.8 Å². The van der Waals surface area contributed by atoms with Crippen LogP contribution in [0.5, 0.6) is 0 Å². The molecular formula is C17H17F3N4O2S. The van der Waals surface area contributed by atoms with Crippen molar-refractivity contribution in [2.75, 3.05) is 12.3 Å². The van der Waals surface area contributed by atoms with Crippen LogP contribution in [0.2, 0.25) is 0 Å². The molecule has 1 saturated carbocycles. The quantitative estimate of drug-likeness (QED) is 0.787. The molecule has 6 nitrogen and oxygen atoms in total. The van der Waals surface area contributed by atoms with E-state index in [-0.39, 0.29) is 59.4 Å². The topological polar surface area (TPSA) is 86.1 Å². The van der Waals surface area contributed by atoms with Crippen LogP contribution in [-0.2, 0) is 28.7 Å². The fourth-order valence-electron chi connectivity index (χ4n) is 2.96. The number of carbonyl (C=O) groups excluding carboxylic acids is 2. The Hall–Kier alpha value is -2.28. The van der Waals surface area contributed by atoms with Crippen LogP contribution < -0.4 is 5.32 Å². The number of hydrogen-bond acceptors (Lipinski definition) is 5. The molecule has 1 fully saturated rings. The maximum Gasteiger partial charge on any atom is 0.418 e. The highest BCUT2D eigenvalue weighted by Crippen LogP contribution is 2.40. The molecule has 2 heterocycles. The van der Waals surface area contributed by atoms with E-state index >= 15 is 0 Å². The molecule has 2 amide bonds. The zero-order chi connectivity index (χ0) is 19.8. The van der Waals surface area contributed by atoms with E-state index in [1.807, 2.05) is 0 Å². The Kier molecular flexibility index (Phi) is 5.33.